The zero-order valence-electron chi connectivity index (χ0n) is 11.0. The topological polar surface area (TPSA) is 79.8 Å². The van der Waals surface area contributed by atoms with E-state index in [2.05, 4.69) is 15.3 Å². The van der Waals surface area contributed by atoms with Crippen molar-refractivity contribution in [2.45, 2.75) is 20.8 Å². The lowest BCUT2D eigenvalue weighted by atomic mass is 10.1. The van der Waals surface area contributed by atoms with Crippen molar-refractivity contribution in [2.75, 3.05) is 14.1 Å². The zero-order valence-corrected chi connectivity index (χ0v) is 11.0. The summed E-state index contributed by atoms with van der Waals surface area (Å²) in [5.41, 5.74) is 7.43. The molecule has 1 amide bonds. The van der Waals surface area contributed by atoms with Crippen LogP contribution in [0.4, 0.5) is 0 Å². The minimum Gasteiger partial charge on any atom is -0.384 e. The molecule has 0 bridgehead atoms. The van der Waals surface area contributed by atoms with Gasteiger partial charge in [0.05, 0.1) is 5.70 Å². The fourth-order valence-electron chi connectivity index (χ4n) is 0.947. The van der Waals surface area contributed by atoms with Crippen LogP contribution in [0.25, 0.3) is 0 Å². The van der Waals surface area contributed by atoms with E-state index in [1.807, 2.05) is 20.8 Å². The molecule has 94 valence electrons. The van der Waals surface area contributed by atoms with Gasteiger partial charge in [0, 0.05) is 20.3 Å². The van der Waals surface area contributed by atoms with Crippen molar-refractivity contribution in [1.82, 2.24) is 5.32 Å². The largest absolute Gasteiger partial charge is 0.384 e. The Labute approximate surface area is 102 Å². The summed E-state index contributed by atoms with van der Waals surface area (Å²) in [6.07, 6.45) is 3.41. The lowest BCUT2D eigenvalue weighted by Gasteiger charge is -2.03. The van der Waals surface area contributed by atoms with Gasteiger partial charge < -0.3 is 11.1 Å². The number of amidine groups is 1. The maximum atomic E-state index is 11.0. The highest BCUT2D eigenvalue weighted by molar-refractivity contribution is 5.94. The van der Waals surface area contributed by atoms with Gasteiger partial charge in [-0.1, -0.05) is 0 Å². The maximum absolute atomic E-state index is 11.0. The first-order valence-electron chi connectivity index (χ1n) is 5.26. The minimum absolute atomic E-state index is 0.371. The zero-order chi connectivity index (χ0) is 13.4. The third kappa shape index (κ3) is 5.65. The van der Waals surface area contributed by atoms with Crippen LogP contribution in [0.1, 0.15) is 20.8 Å². The number of amides is 1. The smallest absolute Gasteiger partial charge is 0.264 e. The molecule has 0 rings (SSSR count). The number of rotatable bonds is 4. The molecule has 0 aromatic carbocycles. The Kier molecular flexibility index (Phi) is 6.55. The van der Waals surface area contributed by atoms with Gasteiger partial charge in [0.25, 0.3) is 5.91 Å². The second-order valence-electron chi connectivity index (χ2n) is 3.57. The molecule has 17 heavy (non-hydrogen) atoms. The third-order valence-electron chi connectivity index (χ3n) is 2.29. The van der Waals surface area contributed by atoms with Gasteiger partial charge in [-0.15, -0.1) is 0 Å². The van der Waals surface area contributed by atoms with Gasteiger partial charge in [0.1, 0.15) is 5.84 Å². The van der Waals surface area contributed by atoms with Crippen molar-refractivity contribution < 1.29 is 4.79 Å². The number of carbonyl (C=O) groups excluding carboxylic acids is 1. The van der Waals surface area contributed by atoms with Crippen LogP contribution in [-0.4, -0.2) is 32.1 Å². The van der Waals surface area contributed by atoms with E-state index < -0.39 is 5.91 Å². The van der Waals surface area contributed by atoms with Crippen LogP contribution in [0.3, 0.4) is 0 Å². The summed E-state index contributed by atoms with van der Waals surface area (Å²) < 4.78 is 0. The Balaban J connectivity index is 5.06. The molecule has 0 spiro atoms. The Morgan fingerprint density at radius 2 is 1.82 bits per heavy atom. The number of nitrogens with zero attached hydrogens (tertiary/aromatic N) is 2. The highest BCUT2D eigenvalue weighted by Crippen LogP contribution is 2.05. The predicted octanol–water partition coefficient (Wildman–Crippen LogP) is 1.03. The van der Waals surface area contributed by atoms with Crippen molar-refractivity contribution in [3.8, 4) is 0 Å². The molecule has 0 unspecified atom stereocenters. The molecule has 0 saturated carbocycles. The number of carbonyl (C=O) groups is 1. The Hall–Kier alpha value is -1.91. The molecular formula is C12H20N4O. The lowest BCUT2D eigenvalue weighted by molar-refractivity contribution is -0.114. The monoisotopic (exact) mass is 236 g/mol. The van der Waals surface area contributed by atoms with Crippen LogP contribution in [0.2, 0.25) is 0 Å². The summed E-state index contributed by atoms with van der Waals surface area (Å²) in [6.45, 7) is 5.62. The van der Waals surface area contributed by atoms with Gasteiger partial charge in [0.2, 0.25) is 0 Å². The third-order valence-corrected chi connectivity index (χ3v) is 2.29. The Morgan fingerprint density at radius 3 is 2.24 bits per heavy atom. The highest BCUT2D eigenvalue weighted by Gasteiger charge is 2.02. The second-order valence-corrected chi connectivity index (χ2v) is 3.57. The van der Waals surface area contributed by atoms with E-state index in [0.717, 1.165) is 11.1 Å². The second kappa shape index (κ2) is 7.38. The summed E-state index contributed by atoms with van der Waals surface area (Å²) in [5.74, 6) is 0.216. The van der Waals surface area contributed by atoms with Crippen molar-refractivity contribution in [3.63, 3.8) is 0 Å². The average Bonchev–Trinajstić information content (AvgIpc) is 2.31. The Morgan fingerprint density at radius 1 is 1.24 bits per heavy atom. The summed E-state index contributed by atoms with van der Waals surface area (Å²) in [5, 5.41) is 2.75. The molecule has 0 atom stereocenters. The molecule has 5 heteroatoms. The minimum atomic E-state index is -0.483. The summed E-state index contributed by atoms with van der Waals surface area (Å²) in [4.78, 5) is 19.1. The van der Waals surface area contributed by atoms with E-state index in [0.29, 0.717) is 11.5 Å². The van der Waals surface area contributed by atoms with E-state index in [9.17, 15) is 4.79 Å². The standard InChI is InChI=1S/C12H20N4O/c1-8(6-11(15-5)12(13)17)9(2)7-16-10(3)14-4/h6-7,15H,1-5H3,(H2,13,17). The van der Waals surface area contributed by atoms with Gasteiger partial charge in [-0.25, -0.2) is 4.99 Å². The number of nitrogens with two attached hydrogens (primary N) is 1. The van der Waals surface area contributed by atoms with Crippen molar-refractivity contribution in [3.05, 3.63) is 22.9 Å². The number of nitrogens with one attached hydrogen (secondary N) is 1. The molecule has 0 fully saturated rings. The molecular weight excluding hydrogens is 216 g/mol. The van der Waals surface area contributed by atoms with Crippen molar-refractivity contribution in [1.29, 1.82) is 0 Å². The first kappa shape index (κ1) is 15.1. The van der Waals surface area contributed by atoms with Gasteiger partial charge >= 0.3 is 0 Å². The van der Waals surface area contributed by atoms with Gasteiger partial charge in [-0.2, -0.15) is 0 Å². The maximum Gasteiger partial charge on any atom is 0.264 e. The lowest BCUT2D eigenvalue weighted by Crippen LogP contribution is -2.23. The molecule has 0 aliphatic rings. The number of primary amides is 1. The summed E-state index contributed by atoms with van der Waals surface area (Å²) in [6, 6.07) is 0. The van der Waals surface area contributed by atoms with Crippen LogP contribution in [0.5, 0.6) is 0 Å². The molecule has 0 heterocycles. The average molecular weight is 236 g/mol. The van der Waals surface area contributed by atoms with Gasteiger partial charge in [-0.3, -0.25) is 9.79 Å². The fourth-order valence-corrected chi connectivity index (χ4v) is 0.947. The molecule has 3 N–H and O–H groups in total. The van der Waals surface area contributed by atoms with Crippen LogP contribution < -0.4 is 11.1 Å². The van der Waals surface area contributed by atoms with Crippen LogP contribution in [-0.2, 0) is 4.79 Å². The van der Waals surface area contributed by atoms with Gasteiger partial charge in [-0.05, 0) is 38.0 Å². The van der Waals surface area contributed by atoms with Crippen molar-refractivity contribution >= 4 is 18.0 Å². The van der Waals surface area contributed by atoms with Crippen LogP contribution in [0, 0.1) is 0 Å². The molecule has 0 aliphatic heterocycles. The molecule has 0 aliphatic carbocycles. The van der Waals surface area contributed by atoms with Crippen molar-refractivity contribution in [2.24, 2.45) is 15.7 Å². The first-order chi connectivity index (χ1) is 7.92. The summed E-state index contributed by atoms with van der Waals surface area (Å²) >= 11 is 0. The van der Waals surface area contributed by atoms with Crippen LogP contribution >= 0.6 is 0 Å². The van der Waals surface area contributed by atoms with E-state index in [4.69, 9.17) is 5.73 Å². The number of hydrogen-bond acceptors (Lipinski definition) is 3. The van der Waals surface area contributed by atoms with E-state index in [1.165, 1.54) is 0 Å². The normalized spacial score (nSPS) is 14.9. The molecule has 0 aromatic rings. The quantitative estimate of drug-likeness (QED) is 0.331. The van der Waals surface area contributed by atoms with Crippen LogP contribution in [0.15, 0.2) is 32.9 Å². The molecule has 0 saturated heterocycles. The number of allylic oxidation sites excluding steroid dienone is 3. The van der Waals surface area contributed by atoms with E-state index in [1.54, 1.807) is 26.4 Å². The molecule has 0 radical (unpaired) electrons. The molecule has 0 aromatic heterocycles. The SMILES string of the molecule is CN=C(C)N=CC(C)=C(C)C=C(NC)C(N)=O. The highest BCUT2D eigenvalue weighted by atomic mass is 16.1. The summed E-state index contributed by atoms with van der Waals surface area (Å²) in [7, 11) is 3.34. The predicted molar refractivity (Wildman–Crippen MR) is 72.2 cm³/mol. The van der Waals surface area contributed by atoms with Gasteiger partial charge in [0.15, 0.2) is 0 Å². The number of hydrogen-bond donors (Lipinski definition) is 2. The van der Waals surface area contributed by atoms with E-state index >= 15 is 0 Å². The Bertz CT molecular complexity index is 403. The number of aliphatic imine (C=N–C) groups is 2. The van der Waals surface area contributed by atoms with E-state index in [-0.39, 0.29) is 0 Å². The molecule has 5 nitrogen and oxygen atoms in total. The number of likely N-dealkylation sites (N-methyl/N-ethyl adjacent to an activating group) is 1. The first-order valence-corrected chi connectivity index (χ1v) is 5.26. The fraction of sp³-hybridized carbons (Fsp3) is 0.417.